The molecule has 12 saturated carbocycles. The number of hydrogen-bond acceptors (Lipinski definition) is 9. The van der Waals surface area contributed by atoms with Crippen LogP contribution in [0.4, 0.5) is 0 Å². The lowest BCUT2D eigenvalue weighted by molar-refractivity contribution is -0.203. The molecule has 90 heavy (non-hydrogen) atoms. The van der Waals surface area contributed by atoms with Gasteiger partial charge in [-0.15, -0.1) is 0 Å². The number of carbonyl (C=O) groups is 4. The number of aliphatic hydroxyl groups is 5. The van der Waals surface area contributed by atoms with Crippen molar-refractivity contribution in [3.8, 4) is 0 Å². The minimum atomic E-state index is -0.705. The summed E-state index contributed by atoms with van der Waals surface area (Å²) in [6.45, 7) is 27.7. The number of aliphatic hydroxyl groups excluding tert-OH is 5. The molecule has 0 aromatic heterocycles. The molecule has 0 bridgehead atoms. The Labute approximate surface area is 542 Å². The topological polar surface area (TPSA) is 230 Å². The van der Waals surface area contributed by atoms with Crippen LogP contribution in [0.1, 0.15) is 263 Å². The van der Waals surface area contributed by atoms with E-state index in [0.717, 1.165) is 128 Å². The summed E-state index contributed by atoms with van der Waals surface area (Å²) in [7, 11) is 0. The van der Waals surface area contributed by atoms with Crippen molar-refractivity contribution in [1.82, 2.24) is 0 Å². The summed E-state index contributed by atoms with van der Waals surface area (Å²) in [6, 6.07) is 0. The Kier molecular flexibility index (Phi) is 20.9. The highest BCUT2D eigenvalue weighted by Gasteiger charge is 2.68. The monoisotopic (exact) mass is 1250 g/mol. The molecule has 12 rings (SSSR count). The quantitative estimate of drug-likeness (QED) is 0.0636. The molecule has 0 radical (unpaired) electrons. The van der Waals surface area contributed by atoms with Gasteiger partial charge in [0.15, 0.2) is 5.78 Å². The van der Waals surface area contributed by atoms with E-state index in [9.17, 15) is 44.7 Å². The van der Waals surface area contributed by atoms with E-state index in [0.29, 0.717) is 106 Å². The second-order valence-electron chi connectivity index (χ2n) is 35.2. The molecule has 12 aliphatic carbocycles. The van der Waals surface area contributed by atoms with E-state index in [1.807, 2.05) is 13.0 Å². The van der Waals surface area contributed by atoms with Crippen LogP contribution < -0.4 is 0 Å². The smallest absolute Gasteiger partial charge is 0.303 e. The van der Waals surface area contributed by atoms with Gasteiger partial charge in [0.05, 0.1) is 30.5 Å². The van der Waals surface area contributed by atoms with Gasteiger partial charge in [-0.1, -0.05) is 87.8 Å². The van der Waals surface area contributed by atoms with Gasteiger partial charge in [-0.3, -0.25) is 19.2 Å². The molecule has 8 N–H and O–H groups in total. The van der Waals surface area contributed by atoms with E-state index in [2.05, 4.69) is 82.2 Å². The molecular formula is C78H126O12. The van der Waals surface area contributed by atoms with Gasteiger partial charge in [-0.25, -0.2) is 0 Å². The Morgan fingerprint density at radius 3 is 1.28 bits per heavy atom. The fourth-order valence-electron chi connectivity index (χ4n) is 27.2. The van der Waals surface area contributed by atoms with Crippen molar-refractivity contribution in [1.29, 1.82) is 0 Å². The van der Waals surface area contributed by atoms with E-state index < -0.39 is 17.9 Å². The second-order valence-corrected chi connectivity index (χ2v) is 35.2. The van der Waals surface area contributed by atoms with Crippen molar-refractivity contribution in [3.63, 3.8) is 0 Å². The summed E-state index contributed by atoms with van der Waals surface area (Å²) in [4.78, 5) is 47.2. The largest absolute Gasteiger partial charge is 0.481 e. The lowest BCUT2D eigenvalue weighted by atomic mass is 9.41. The van der Waals surface area contributed by atoms with E-state index >= 15 is 0 Å². The lowest BCUT2D eigenvalue weighted by Gasteiger charge is -2.64. The number of carboxylic acid groups (broad SMARTS) is 3. The van der Waals surface area contributed by atoms with Crippen LogP contribution in [0.3, 0.4) is 0 Å². The molecule has 12 heteroatoms. The molecule has 510 valence electrons. The average molecular weight is 1260 g/mol. The number of aliphatic carboxylic acids is 3. The van der Waals surface area contributed by atoms with E-state index in [4.69, 9.17) is 15.3 Å². The van der Waals surface area contributed by atoms with Crippen molar-refractivity contribution >= 4 is 23.7 Å². The number of fused-ring (bicyclic) bond motifs is 15. The van der Waals surface area contributed by atoms with Gasteiger partial charge in [0.2, 0.25) is 0 Å². The van der Waals surface area contributed by atoms with Crippen LogP contribution in [0.25, 0.3) is 0 Å². The van der Waals surface area contributed by atoms with Crippen LogP contribution in [0.5, 0.6) is 0 Å². The molecule has 0 amide bonds. The Hall–Kier alpha value is -2.64. The minimum absolute atomic E-state index is 0.114. The van der Waals surface area contributed by atoms with Gasteiger partial charge in [0.1, 0.15) is 0 Å². The lowest BCUT2D eigenvalue weighted by Crippen LogP contribution is -2.62. The first kappa shape index (κ1) is 70.2. The van der Waals surface area contributed by atoms with Gasteiger partial charge in [-0.05, 0) is 318 Å². The highest BCUT2D eigenvalue weighted by molar-refractivity contribution is 5.99. The first-order valence-corrected chi connectivity index (χ1v) is 37.3. The van der Waals surface area contributed by atoms with Crippen molar-refractivity contribution in [2.45, 2.75) is 293 Å². The summed E-state index contributed by atoms with van der Waals surface area (Å²) in [5.74, 6) is 6.26. The summed E-state index contributed by atoms with van der Waals surface area (Å²) in [5.41, 5.74) is 3.30. The molecule has 0 aromatic carbocycles. The molecule has 30 atom stereocenters. The number of carbonyl (C=O) groups excluding carboxylic acids is 1. The summed E-state index contributed by atoms with van der Waals surface area (Å²) >= 11 is 0. The standard InChI is InChI=1S/C26H44O4.C26H42O4.C26H40O4/c3*1-5-17-21-14-16(27)10-12-26(21,4)20-11-13-25(3)18(15(2)6-9-22(28)29)7-8-19(25)23(20)24(17)30/h15-21,23-24,27,30H,5-14H2,1-4H3,(H,28,29);5,15-16,18-21,23-24,27,30H,6-14H2,1-4H3,(H,28,29);5,15-16,18-21,23,27H,6-14H2,1-4H3,(H,28,29)/b;2*17-5+/t15-,16-,17-,18-,19?,20?,21?,23?,24-,25-,26-;15-,16-,18-,19?,20?,21?,23?,24-,25-,26-;15-,16-,18-,19?,20?,21?,23?,25-,26-/m111/s1. The summed E-state index contributed by atoms with van der Waals surface area (Å²) < 4.78 is 0. The van der Waals surface area contributed by atoms with Crippen LogP contribution >= 0.6 is 0 Å². The maximum absolute atomic E-state index is 13.8. The van der Waals surface area contributed by atoms with Crippen LogP contribution in [0.15, 0.2) is 23.3 Å². The normalized spacial score (nSPS) is 50.0. The van der Waals surface area contributed by atoms with Crippen molar-refractivity contribution in [3.05, 3.63) is 23.3 Å². The number of hydrogen-bond donors (Lipinski definition) is 8. The number of ketones is 1. The maximum Gasteiger partial charge on any atom is 0.303 e. The first-order valence-electron chi connectivity index (χ1n) is 37.3. The van der Waals surface area contributed by atoms with Crippen molar-refractivity contribution in [2.75, 3.05) is 0 Å². The molecular weight excluding hydrogens is 1130 g/mol. The van der Waals surface area contributed by atoms with Crippen LogP contribution in [-0.4, -0.2) is 95.1 Å². The molecule has 12 nitrogen and oxygen atoms in total. The van der Waals surface area contributed by atoms with Gasteiger partial charge < -0.3 is 40.9 Å². The molecule has 0 aliphatic heterocycles. The highest BCUT2D eigenvalue weighted by Crippen LogP contribution is 2.73. The fraction of sp³-hybridized carbons (Fsp3) is 0.897. The third-order valence-electron chi connectivity index (χ3n) is 31.8. The molecule has 0 saturated heterocycles. The minimum Gasteiger partial charge on any atom is -0.481 e. The predicted molar refractivity (Wildman–Crippen MR) is 352 cm³/mol. The van der Waals surface area contributed by atoms with Gasteiger partial charge >= 0.3 is 17.9 Å². The number of carboxylic acids is 3. The zero-order valence-electron chi connectivity index (χ0n) is 58.0. The van der Waals surface area contributed by atoms with E-state index in [-0.39, 0.29) is 94.1 Å². The van der Waals surface area contributed by atoms with Gasteiger partial charge in [-0.2, -0.15) is 0 Å². The second kappa shape index (κ2) is 26.8. The van der Waals surface area contributed by atoms with E-state index in [1.54, 1.807) is 0 Å². The predicted octanol–water partition coefficient (Wildman–Crippen LogP) is 15.4. The van der Waals surface area contributed by atoms with Crippen molar-refractivity contribution in [2.24, 2.45) is 145 Å². The van der Waals surface area contributed by atoms with Gasteiger partial charge in [0, 0.05) is 25.2 Å². The van der Waals surface area contributed by atoms with Crippen LogP contribution in [-0.2, 0) is 19.2 Å². The molecule has 0 aromatic rings. The highest BCUT2D eigenvalue weighted by atomic mass is 16.4. The fourth-order valence-corrected chi connectivity index (χ4v) is 27.2. The van der Waals surface area contributed by atoms with Gasteiger partial charge in [0.25, 0.3) is 0 Å². The Morgan fingerprint density at radius 2 is 0.822 bits per heavy atom. The zero-order valence-corrected chi connectivity index (χ0v) is 58.0. The number of allylic oxidation sites excluding steroid dienone is 3. The third-order valence-corrected chi connectivity index (χ3v) is 31.8. The number of rotatable bonds is 13. The molecule has 0 heterocycles. The zero-order chi connectivity index (χ0) is 65.5. The maximum atomic E-state index is 13.8. The van der Waals surface area contributed by atoms with E-state index in [1.165, 1.54) is 44.1 Å². The molecule has 12 unspecified atom stereocenters. The summed E-state index contributed by atoms with van der Waals surface area (Å²) in [6.07, 6.45) is 29.1. The molecule has 0 spiro atoms. The Balaban J connectivity index is 0.000000148. The van der Waals surface area contributed by atoms with Crippen molar-refractivity contribution < 1.29 is 60.0 Å². The summed E-state index contributed by atoms with van der Waals surface area (Å²) in [5, 5.41) is 81.9. The molecule has 12 fully saturated rings. The van der Waals surface area contributed by atoms with Crippen LogP contribution in [0, 0.1) is 145 Å². The first-order chi connectivity index (χ1) is 42.4. The SMILES string of the molecule is C/C=C1/C(=O)C2C(CC[C@@]3(C)C2CC[C@@H]3[C@H](C)CCC(=O)O)[C@@]2(C)CC[C@@H](O)CC12.C/C=C1\C2C[C@H](O)CC[C@]2(C)C2CC[C@@]3(C)C(CC[C@@H]3[C@H](C)CCC(=O)O)C2[C@@H]1O.CC[C@@H]1C2C[C@H](O)CC[C@]2(C)C2CC[C@@]3(C)C(CC[C@@H]3[C@H](C)CCC(=O)O)C2[C@@H]1O. The number of Topliss-reactive ketones (excluding diaryl/α,β-unsaturated/α-hetero) is 1. The van der Waals surface area contributed by atoms with Crippen LogP contribution in [0.2, 0.25) is 0 Å². The third kappa shape index (κ3) is 12.0. The average Bonchev–Trinajstić information content (AvgIpc) is 1.22. The molecule has 12 aliphatic rings. The Bertz CT molecular complexity index is 2650. The Morgan fingerprint density at radius 1 is 0.456 bits per heavy atom.